The molecule has 1 unspecified atom stereocenters. The topological polar surface area (TPSA) is 61.9 Å². The Morgan fingerprint density at radius 1 is 1.17 bits per heavy atom. The van der Waals surface area contributed by atoms with Gasteiger partial charge in [-0.15, -0.1) is 0 Å². The van der Waals surface area contributed by atoms with Gasteiger partial charge >= 0.3 is 6.03 Å². The fourth-order valence-corrected chi connectivity index (χ4v) is 3.47. The highest BCUT2D eigenvalue weighted by molar-refractivity contribution is 5.96. The molecule has 3 amide bonds. The molecule has 1 atom stereocenters. The van der Waals surface area contributed by atoms with Gasteiger partial charge in [-0.25, -0.2) is 4.79 Å². The summed E-state index contributed by atoms with van der Waals surface area (Å²) in [5, 5.41) is 3.04. The largest absolute Gasteiger partial charge is 0.494 e. The average molecular weight is 396 g/mol. The molecule has 1 saturated heterocycles. The minimum atomic E-state index is -0.210. The maximum absolute atomic E-state index is 12.9. The third-order valence-corrected chi connectivity index (χ3v) is 4.99. The third-order valence-electron chi connectivity index (χ3n) is 4.99. The monoisotopic (exact) mass is 395 g/mol. The van der Waals surface area contributed by atoms with E-state index in [2.05, 4.69) is 5.32 Å². The molecule has 0 aliphatic carbocycles. The molecule has 6 heteroatoms. The van der Waals surface area contributed by atoms with Gasteiger partial charge in [0.25, 0.3) is 0 Å². The lowest BCUT2D eigenvalue weighted by Gasteiger charge is -2.28. The first-order valence-corrected chi connectivity index (χ1v) is 10.1. The molecule has 0 saturated carbocycles. The molecule has 1 heterocycles. The van der Waals surface area contributed by atoms with Crippen LogP contribution in [0.15, 0.2) is 54.6 Å². The molecule has 3 rings (SSSR count). The summed E-state index contributed by atoms with van der Waals surface area (Å²) in [5.74, 6) is 0.792. The molecule has 2 aromatic rings. The van der Waals surface area contributed by atoms with E-state index in [0.29, 0.717) is 26.1 Å². The summed E-state index contributed by atoms with van der Waals surface area (Å²) in [4.78, 5) is 28.9. The molecule has 2 aromatic carbocycles. The van der Waals surface area contributed by atoms with Crippen molar-refractivity contribution in [1.82, 2.24) is 10.2 Å². The number of hydrogen-bond donors (Lipinski definition) is 1. The molecule has 0 spiro atoms. The Morgan fingerprint density at radius 3 is 2.48 bits per heavy atom. The van der Waals surface area contributed by atoms with Crippen LogP contribution in [0.5, 0.6) is 5.75 Å². The highest BCUT2D eigenvalue weighted by Crippen LogP contribution is 2.24. The van der Waals surface area contributed by atoms with Gasteiger partial charge in [0.15, 0.2) is 0 Å². The summed E-state index contributed by atoms with van der Waals surface area (Å²) in [6.45, 7) is 7.53. The number of urea groups is 1. The molecule has 0 radical (unpaired) electrons. The molecular formula is C23H29N3O3. The van der Waals surface area contributed by atoms with E-state index in [0.717, 1.165) is 17.0 Å². The molecule has 29 heavy (non-hydrogen) atoms. The second-order valence-corrected chi connectivity index (χ2v) is 7.49. The van der Waals surface area contributed by atoms with Gasteiger partial charge in [-0.05, 0) is 50.6 Å². The fourth-order valence-electron chi connectivity index (χ4n) is 3.47. The molecule has 6 nitrogen and oxygen atoms in total. The van der Waals surface area contributed by atoms with Gasteiger partial charge in [-0.2, -0.15) is 0 Å². The van der Waals surface area contributed by atoms with Crippen molar-refractivity contribution < 1.29 is 14.3 Å². The Hall–Kier alpha value is -3.02. The zero-order valence-electron chi connectivity index (χ0n) is 17.3. The third kappa shape index (κ3) is 5.28. The Morgan fingerprint density at radius 2 is 1.86 bits per heavy atom. The van der Waals surface area contributed by atoms with Gasteiger partial charge in [0.2, 0.25) is 5.91 Å². The van der Waals surface area contributed by atoms with E-state index in [1.54, 1.807) is 9.80 Å². The summed E-state index contributed by atoms with van der Waals surface area (Å²) in [7, 11) is 0. The van der Waals surface area contributed by atoms with Gasteiger partial charge in [0.1, 0.15) is 5.75 Å². The van der Waals surface area contributed by atoms with Crippen molar-refractivity contribution in [2.45, 2.75) is 45.8 Å². The van der Waals surface area contributed by atoms with Crippen LogP contribution in [0.2, 0.25) is 0 Å². The molecule has 1 aliphatic heterocycles. The number of benzene rings is 2. The van der Waals surface area contributed by atoms with Crippen molar-refractivity contribution in [3.8, 4) is 5.75 Å². The second-order valence-electron chi connectivity index (χ2n) is 7.49. The van der Waals surface area contributed by atoms with Gasteiger partial charge in [-0.1, -0.05) is 30.3 Å². The predicted molar refractivity (Wildman–Crippen MR) is 114 cm³/mol. The van der Waals surface area contributed by atoms with E-state index in [4.69, 9.17) is 4.74 Å². The Labute approximate surface area is 172 Å². The number of carbonyl (C=O) groups is 2. The maximum atomic E-state index is 12.9. The van der Waals surface area contributed by atoms with Crippen molar-refractivity contribution in [3.05, 3.63) is 60.2 Å². The van der Waals surface area contributed by atoms with E-state index in [1.807, 2.05) is 75.4 Å². The first-order valence-electron chi connectivity index (χ1n) is 10.1. The number of hydrogen-bond acceptors (Lipinski definition) is 3. The lowest BCUT2D eigenvalue weighted by Crippen LogP contribution is -2.48. The van der Waals surface area contributed by atoms with Crippen LogP contribution >= 0.6 is 0 Å². The fraction of sp³-hybridized carbons (Fsp3) is 0.391. The van der Waals surface area contributed by atoms with E-state index in [-0.39, 0.29) is 24.0 Å². The van der Waals surface area contributed by atoms with E-state index in [1.165, 1.54) is 0 Å². The number of rotatable bonds is 7. The molecule has 1 fully saturated rings. The SMILES string of the molecule is CCOc1ccc(N2CC(NC(=O)N(Cc3ccccc3)C(C)C)CC2=O)cc1. The quantitative estimate of drug-likeness (QED) is 0.775. The normalized spacial score (nSPS) is 16.2. The molecule has 154 valence electrons. The second kappa shape index (κ2) is 9.45. The number of carbonyl (C=O) groups excluding carboxylic acids is 2. The first kappa shape index (κ1) is 20.7. The molecule has 1 aliphatic rings. The predicted octanol–water partition coefficient (Wildman–Crippen LogP) is 3.81. The van der Waals surface area contributed by atoms with Gasteiger partial charge in [-0.3, -0.25) is 4.79 Å². The molecule has 1 N–H and O–H groups in total. The smallest absolute Gasteiger partial charge is 0.318 e. The van der Waals surface area contributed by atoms with Crippen LogP contribution in [0.25, 0.3) is 0 Å². The zero-order valence-corrected chi connectivity index (χ0v) is 17.3. The van der Waals surface area contributed by atoms with Crippen LogP contribution < -0.4 is 15.0 Å². The minimum Gasteiger partial charge on any atom is -0.494 e. The Kier molecular flexibility index (Phi) is 6.75. The maximum Gasteiger partial charge on any atom is 0.318 e. The van der Waals surface area contributed by atoms with Crippen LogP contribution in [-0.2, 0) is 11.3 Å². The van der Waals surface area contributed by atoms with Crippen LogP contribution in [0.3, 0.4) is 0 Å². The lowest BCUT2D eigenvalue weighted by atomic mass is 10.2. The van der Waals surface area contributed by atoms with E-state index < -0.39 is 0 Å². The molecule has 0 aromatic heterocycles. The van der Waals surface area contributed by atoms with Crippen molar-refractivity contribution >= 4 is 17.6 Å². The van der Waals surface area contributed by atoms with Gasteiger partial charge in [0, 0.05) is 31.2 Å². The number of anilines is 1. The van der Waals surface area contributed by atoms with Crippen molar-refractivity contribution in [2.24, 2.45) is 0 Å². The minimum absolute atomic E-state index is 0.0126. The zero-order chi connectivity index (χ0) is 20.8. The van der Waals surface area contributed by atoms with Crippen molar-refractivity contribution in [2.75, 3.05) is 18.1 Å². The molecular weight excluding hydrogens is 366 g/mol. The van der Waals surface area contributed by atoms with Crippen LogP contribution in [-0.4, -0.2) is 42.1 Å². The van der Waals surface area contributed by atoms with Crippen LogP contribution in [0.1, 0.15) is 32.8 Å². The number of nitrogens with zero attached hydrogens (tertiary/aromatic N) is 2. The van der Waals surface area contributed by atoms with Gasteiger partial charge in [0.05, 0.1) is 12.6 Å². The standard InChI is InChI=1S/C23H29N3O3/c1-4-29-21-12-10-20(11-13-21)26-16-19(14-22(26)27)24-23(28)25(17(2)3)15-18-8-6-5-7-9-18/h5-13,17,19H,4,14-16H2,1-3H3,(H,24,28). The van der Waals surface area contributed by atoms with Crippen molar-refractivity contribution in [3.63, 3.8) is 0 Å². The average Bonchev–Trinajstić information content (AvgIpc) is 3.07. The lowest BCUT2D eigenvalue weighted by molar-refractivity contribution is -0.117. The Bertz CT molecular complexity index is 821. The molecule has 0 bridgehead atoms. The number of ether oxygens (including phenoxy) is 1. The van der Waals surface area contributed by atoms with Crippen molar-refractivity contribution in [1.29, 1.82) is 0 Å². The first-order chi connectivity index (χ1) is 14.0. The summed E-state index contributed by atoms with van der Waals surface area (Å²) < 4.78 is 5.46. The summed E-state index contributed by atoms with van der Waals surface area (Å²) in [6.07, 6.45) is 0.302. The van der Waals surface area contributed by atoms with Crippen LogP contribution in [0.4, 0.5) is 10.5 Å². The van der Waals surface area contributed by atoms with E-state index in [9.17, 15) is 9.59 Å². The van der Waals surface area contributed by atoms with Gasteiger partial charge < -0.3 is 19.9 Å². The van der Waals surface area contributed by atoms with E-state index >= 15 is 0 Å². The number of nitrogens with one attached hydrogen (secondary N) is 1. The number of amides is 3. The summed E-state index contributed by atoms with van der Waals surface area (Å²) >= 11 is 0. The Balaban J connectivity index is 1.62. The summed E-state index contributed by atoms with van der Waals surface area (Å²) in [5.41, 5.74) is 1.90. The highest BCUT2D eigenvalue weighted by Gasteiger charge is 2.32. The summed E-state index contributed by atoms with van der Waals surface area (Å²) in [6, 6.07) is 17.1. The van der Waals surface area contributed by atoms with Crippen LogP contribution in [0, 0.1) is 0 Å². The highest BCUT2D eigenvalue weighted by atomic mass is 16.5.